The number of thioether (sulfide) groups is 1. The highest BCUT2D eigenvalue weighted by Gasteiger charge is 2.31. The van der Waals surface area contributed by atoms with Gasteiger partial charge in [-0.05, 0) is 23.9 Å². The lowest BCUT2D eigenvalue weighted by Crippen LogP contribution is -2.29. The highest BCUT2D eigenvalue weighted by Crippen LogP contribution is 2.26. The fraction of sp³-hybridized carbons (Fsp3) is 0.111. The Bertz CT molecular complexity index is 424. The second-order valence-electron chi connectivity index (χ2n) is 2.90. The summed E-state index contributed by atoms with van der Waals surface area (Å²) in [6.07, 6.45) is 0. The maximum Gasteiger partial charge on any atom is 0.288 e. The molecule has 2 N–H and O–H groups in total. The third-order valence-corrected chi connectivity index (χ3v) is 3.06. The molecule has 1 aromatic rings. The Labute approximate surface area is 95.4 Å². The Balaban J connectivity index is 2.13. The largest absolute Gasteiger partial charge is 0.364 e. The molecule has 1 fully saturated rings. The van der Waals surface area contributed by atoms with Crippen LogP contribution in [0, 0.1) is 0 Å². The first-order valence-electron chi connectivity index (χ1n) is 4.19. The topological polar surface area (TPSA) is 58.2 Å². The van der Waals surface area contributed by atoms with Gasteiger partial charge >= 0.3 is 0 Å². The summed E-state index contributed by atoms with van der Waals surface area (Å²) in [5.41, 5.74) is 0.640. The van der Waals surface area contributed by atoms with Gasteiger partial charge in [-0.15, -0.1) is 0 Å². The van der Waals surface area contributed by atoms with Crippen LogP contribution in [-0.2, 0) is 4.79 Å². The van der Waals surface area contributed by atoms with Gasteiger partial charge in [-0.2, -0.15) is 0 Å². The summed E-state index contributed by atoms with van der Waals surface area (Å²) in [7, 11) is 0. The molecule has 1 aliphatic rings. The average molecular weight is 243 g/mol. The number of para-hydroxylation sites is 1. The number of carbonyl (C=O) groups excluding carboxylic acids is 2. The van der Waals surface area contributed by atoms with Gasteiger partial charge in [0.2, 0.25) is 0 Å². The van der Waals surface area contributed by atoms with Gasteiger partial charge in [0.15, 0.2) is 5.37 Å². The van der Waals surface area contributed by atoms with E-state index < -0.39 is 5.37 Å². The lowest BCUT2D eigenvalue weighted by molar-refractivity contribution is -0.118. The lowest BCUT2D eigenvalue weighted by Gasteiger charge is -2.10. The van der Waals surface area contributed by atoms with Crippen molar-refractivity contribution in [3.8, 4) is 0 Å². The van der Waals surface area contributed by atoms with E-state index in [1.807, 2.05) is 0 Å². The van der Waals surface area contributed by atoms with Crippen LogP contribution in [0.1, 0.15) is 0 Å². The zero-order valence-corrected chi connectivity index (χ0v) is 9.06. The lowest BCUT2D eigenvalue weighted by atomic mass is 10.3. The quantitative estimate of drug-likeness (QED) is 0.834. The number of rotatable bonds is 2. The summed E-state index contributed by atoms with van der Waals surface area (Å²) in [5, 5.41) is 4.65. The van der Waals surface area contributed by atoms with Gasteiger partial charge in [-0.1, -0.05) is 23.7 Å². The van der Waals surface area contributed by atoms with Crippen molar-refractivity contribution in [2.45, 2.75) is 5.37 Å². The molecule has 0 aromatic heterocycles. The van der Waals surface area contributed by atoms with Crippen molar-refractivity contribution >= 4 is 40.2 Å². The van der Waals surface area contributed by atoms with Gasteiger partial charge in [0.05, 0.1) is 10.7 Å². The van der Waals surface area contributed by atoms with Crippen molar-refractivity contribution in [2.24, 2.45) is 0 Å². The average Bonchev–Trinajstić information content (AvgIpc) is 2.49. The van der Waals surface area contributed by atoms with Gasteiger partial charge < -0.3 is 5.32 Å². The molecule has 0 aliphatic carbocycles. The normalized spacial score (nSPS) is 20.2. The fourth-order valence-corrected chi connectivity index (χ4v) is 2.09. The Kier molecular flexibility index (Phi) is 2.83. The van der Waals surface area contributed by atoms with Crippen molar-refractivity contribution in [1.29, 1.82) is 0 Å². The standard InChI is InChI=1S/C9H7ClN2O2S/c10-5-3-1-2-4-6(5)11-8-7(13)12-9(14)15-8/h1-4,8,11H,(H,12,13,14)/t8-/m0/s1. The number of carbonyl (C=O) groups is 2. The highest BCUT2D eigenvalue weighted by molar-refractivity contribution is 8.15. The van der Waals surface area contributed by atoms with E-state index in [9.17, 15) is 9.59 Å². The third-order valence-electron chi connectivity index (χ3n) is 1.85. The van der Waals surface area contributed by atoms with Gasteiger partial charge in [0.25, 0.3) is 11.1 Å². The molecule has 0 radical (unpaired) electrons. The molecule has 2 rings (SSSR count). The van der Waals surface area contributed by atoms with Crippen LogP contribution >= 0.6 is 23.4 Å². The molecule has 0 spiro atoms. The number of hydrogen-bond acceptors (Lipinski definition) is 4. The van der Waals surface area contributed by atoms with E-state index in [1.165, 1.54) is 0 Å². The minimum Gasteiger partial charge on any atom is -0.364 e. The maximum absolute atomic E-state index is 11.2. The van der Waals surface area contributed by atoms with Crippen LogP contribution in [0.4, 0.5) is 10.5 Å². The Morgan fingerprint density at radius 2 is 2.07 bits per heavy atom. The number of benzene rings is 1. The Hall–Kier alpha value is -1.20. The maximum atomic E-state index is 11.2. The molecule has 1 heterocycles. The fourth-order valence-electron chi connectivity index (χ4n) is 1.17. The number of hydrogen-bond donors (Lipinski definition) is 2. The molecule has 4 nitrogen and oxygen atoms in total. The summed E-state index contributed by atoms with van der Waals surface area (Å²) in [6, 6.07) is 7.05. The molecule has 1 saturated heterocycles. The first-order valence-corrected chi connectivity index (χ1v) is 5.45. The first kappa shape index (κ1) is 10.3. The molecule has 0 unspecified atom stereocenters. The summed E-state index contributed by atoms with van der Waals surface area (Å²) in [4.78, 5) is 22.1. The molecule has 78 valence electrons. The molecule has 1 aromatic carbocycles. The summed E-state index contributed by atoms with van der Waals surface area (Å²) >= 11 is 6.81. The Morgan fingerprint density at radius 1 is 1.33 bits per heavy atom. The van der Waals surface area contributed by atoms with Gasteiger partial charge in [-0.25, -0.2) is 0 Å². The highest BCUT2D eigenvalue weighted by atomic mass is 35.5. The minimum atomic E-state index is -0.600. The second-order valence-corrected chi connectivity index (χ2v) is 4.38. The molecule has 15 heavy (non-hydrogen) atoms. The predicted octanol–water partition coefficient (Wildman–Crippen LogP) is 2.06. The van der Waals surface area contributed by atoms with Gasteiger partial charge in [-0.3, -0.25) is 14.9 Å². The van der Waals surface area contributed by atoms with Crippen LogP contribution in [0.15, 0.2) is 24.3 Å². The van der Waals surface area contributed by atoms with Crippen LogP contribution in [-0.4, -0.2) is 16.5 Å². The van der Waals surface area contributed by atoms with Crippen molar-refractivity contribution in [1.82, 2.24) is 5.32 Å². The van der Waals surface area contributed by atoms with Crippen molar-refractivity contribution in [3.63, 3.8) is 0 Å². The summed E-state index contributed by atoms with van der Waals surface area (Å²) in [6.45, 7) is 0. The third kappa shape index (κ3) is 2.24. The van der Waals surface area contributed by atoms with Crippen molar-refractivity contribution in [2.75, 3.05) is 5.32 Å². The molecular weight excluding hydrogens is 236 g/mol. The van der Waals surface area contributed by atoms with Crippen LogP contribution in [0.25, 0.3) is 0 Å². The molecule has 1 atom stereocenters. The second kappa shape index (κ2) is 4.12. The van der Waals surface area contributed by atoms with E-state index in [-0.39, 0.29) is 11.1 Å². The number of anilines is 1. The number of nitrogens with one attached hydrogen (secondary N) is 2. The summed E-state index contributed by atoms with van der Waals surface area (Å²) in [5.74, 6) is -0.343. The molecular formula is C9H7ClN2O2S. The summed E-state index contributed by atoms with van der Waals surface area (Å²) < 4.78 is 0. The number of amides is 2. The SMILES string of the molecule is O=C1NC(=O)[C@@H](Nc2ccccc2Cl)S1. The van der Waals surface area contributed by atoms with Crippen LogP contribution < -0.4 is 10.6 Å². The molecule has 6 heteroatoms. The number of halogens is 1. The molecule has 2 amide bonds. The molecule has 0 saturated carbocycles. The predicted molar refractivity (Wildman–Crippen MR) is 60.0 cm³/mol. The minimum absolute atomic E-state index is 0.343. The van der Waals surface area contributed by atoms with Gasteiger partial charge in [0, 0.05) is 0 Å². The van der Waals surface area contributed by atoms with E-state index in [2.05, 4.69) is 10.6 Å². The molecule has 0 bridgehead atoms. The number of imide groups is 1. The van der Waals surface area contributed by atoms with Crippen molar-refractivity contribution in [3.05, 3.63) is 29.3 Å². The molecule has 1 aliphatic heterocycles. The van der Waals surface area contributed by atoms with E-state index >= 15 is 0 Å². The van der Waals surface area contributed by atoms with Crippen LogP contribution in [0.5, 0.6) is 0 Å². The van der Waals surface area contributed by atoms with E-state index in [1.54, 1.807) is 24.3 Å². The zero-order valence-electron chi connectivity index (χ0n) is 7.49. The van der Waals surface area contributed by atoms with Crippen molar-refractivity contribution < 1.29 is 9.59 Å². The zero-order chi connectivity index (χ0) is 10.8. The van der Waals surface area contributed by atoms with E-state index in [4.69, 9.17) is 11.6 Å². The smallest absolute Gasteiger partial charge is 0.288 e. The first-order chi connectivity index (χ1) is 7.16. The Morgan fingerprint density at radius 3 is 2.67 bits per heavy atom. The van der Waals surface area contributed by atoms with Crippen LogP contribution in [0.3, 0.4) is 0 Å². The van der Waals surface area contributed by atoms with E-state index in [0.29, 0.717) is 10.7 Å². The van der Waals surface area contributed by atoms with E-state index in [0.717, 1.165) is 11.8 Å². The monoisotopic (exact) mass is 242 g/mol. The van der Waals surface area contributed by atoms with Crippen LogP contribution in [0.2, 0.25) is 5.02 Å². The van der Waals surface area contributed by atoms with Gasteiger partial charge in [0.1, 0.15) is 0 Å².